The quantitative estimate of drug-likeness (QED) is 0.353. The van der Waals surface area contributed by atoms with Gasteiger partial charge in [-0.25, -0.2) is 19.6 Å². The lowest BCUT2D eigenvalue weighted by Crippen LogP contribution is -2.19. The van der Waals surface area contributed by atoms with E-state index in [1.807, 2.05) is 0 Å². The van der Waals surface area contributed by atoms with E-state index < -0.39 is 0 Å². The van der Waals surface area contributed by atoms with E-state index in [1.165, 1.54) is 48.5 Å². The highest BCUT2D eigenvalue weighted by Gasteiger charge is 2.02. The summed E-state index contributed by atoms with van der Waals surface area (Å²) >= 11 is 1.46. The molecule has 0 atom stereocenters. The zero-order chi connectivity index (χ0) is 20.9. The number of hydrogen-bond donors (Lipinski definition) is 2. The average Bonchev–Trinajstić information content (AvgIpc) is 2.71. The largest absolute Gasteiger partial charge is 0.273 e. The Hall–Kier alpha value is -3.07. The van der Waals surface area contributed by atoms with Crippen LogP contribution in [0, 0.1) is 11.6 Å². The first-order chi connectivity index (χ1) is 14.0. The topological polar surface area (TPSA) is 82.9 Å². The van der Waals surface area contributed by atoms with Crippen molar-refractivity contribution in [3.8, 4) is 0 Å². The first kappa shape index (κ1) is 22.2. The molecule has 0 fully saturated rings. The van der Waals surface area contributed by atoms with Crippen LogP contribution in [0.5, 0.6) is 0 Å². The zero-order valence-corrected chi connectivity index (χ0v) is 16.3. The smallest absolute Gasteiger partial charge is 0.240 e. The molecule has 0 bridgehead atoms. The normalized spacial score (nSPS) is 11.1. The number of hydrazone groups is 2. The molecule has 29 heavy (non-hydrogen) atoms. The van der Waals surface area contributed by atoms with E-state index in [0.717, 1.165) is 0 Å². The van der Waals surface area contributed by atoms with E-state index >= 15 is 0 Å². The maximum absolute atomic E-state index is 12.8. The summed E-state index contributed by atoms with van der Waals surface area (Å²) in [5.41, 5.74) is 6.14. The lowest BCUT2D eigenvalue weighted by molar-refractivity contribution is -0.121. The Kier molecular flexibility index (Phi) is 9.50. The highest BCUT2D eigenvalue weighted by molar-refractivity contribution is 7.99. The third kappa shape index (κ3) is 9.61. The predicted octanol–water partition coefficient (Wildman–Crippen LogP) is 3.08. The number of thioether (sulfide) groups is 1. The van der Waals surface area contributed by atoms with Gasteiger partial charge in [0.1, 0.15) is 11.6 Å². The Bertz CT molecular complexity index is 784. The standard InChI is InChI=1S/C20H20F2N4O2S/c21-17-5-1-15(2-6-17)13-23-25-19(27)9-11-29-12-10-20(28)26-24-14-16-3-7-18(22)8-4-16/h1-8,13-14H,9-12H2,(H,25,27)(H,26,28)/b23-13-,24-14-. The fourth-order valence-corrected chi connectivity index (χ4v) is 2.86. The molecule has 0 spiro atoms. The van der Waals surface area contributed by atoms with Gasteiger partial charge in [0.25, 0.3) is 0 Å². The Morgan fingerprint density at radius 3 is 1.52 bits per heavy atom. The highest BCUT2D eigenvalue weighted by atomic mass is 32.2. The monoisotopic (exact) mass is 418 g/mol. The number of halogens is 2. The molecule has 0 aromatic heterocycles. The van der Waals surface area contributed by atoms with E-state index in [9.17, 15) is 18.4 Å². The van der Waals surface area contributed by atoms with Crippen molar-refractivity contribution in [2.45, 2.75) is 12.8 Å². The Labute approximate surface area is 171 Å². The zero-order valence-electron chi connectivity index (χ0n) is 15.5. The first-order valence-corrected chi connectivity index (χ1v) is 9.91. The minimum atomic E-state index is -0.337. The van der Waals surface area contributed by atoms with Crippen LogP contribution in [-0.4, -0.2) is 35.7 Å². The van der Waals surface area contributed by atoms with Crippen LogP contribution >= 0.6 is 11.8 Å². The summed E-state index contributed by atoms with van der Waals surface area (Å²) in [6.45, 7) is 0. The summed E-state index contributed by atoms with van der Waals surface area (Å²) in [6, 6.07) is 11.4. The number of hydrogen-bond acceptors (Lipinski definition) is 5. The van der Waals surface area contributed by atoms with Crippen molar-refractivity contribution in [1.29, 1.82) is 0 Å². The van der Waals surface area contributed by atoms with Crippen molar-refractivity contribution in [3.63, 3.8) is 0 Å². The minimum Gasteiger partial charge on any atom is -0.273 e. The molecule has 2 aromatic carbocycles. The summed E-state index contributed by atoms with van der Waals surface area (Å²) in [5.74, 6) is -0.0739. The van der Waals surface area contributed by atoms with E-state index in [0.29, 0.717) is 22.6 Å². The Morgan fingerprint density at radius 1 is 0.759 bits per heavy atom. The van der Waals surface area contributed by atoms with Gasteiger partial charge in [-0.15, -0.1) is 0 Å². The Morgan fingerprint density at radius 2 is 1.14 bits per heavy atom. The molecule has 0 unspecified atom stereocenters. The number of nitrogens with zero attached hydrogens (tertiary/aromatic N) is 2. The van der Waals surface area contributed by atoms with Crippen molar-refractivity contribution in [2.24, 2.45) is 10.2 Å². The molecule has 2 N–H and O–H groups in total. The first-order valence-electron chi connectivity index (χ1n) is 8.75. The second-order valence-electron chi connectivity index (χ2n) is 5.80. The third-order valence-electron chi connectivity index (χ3n) is 3.49. The SMILES string of the molecule is O=C(CCSCCC(=O)N/N=C\c1ccc(F)cc1)N/N=C\c1ccc(F)cc1. The molecule has 0 saturated carbocycles. The number of rotatable bonds is 10. The molecule has 0 radical (unpaired) electrons. The van der Waals surface area contributed by atoms with Gasteiger partial charge in [-0.05, 0) is 35.4 Å². The molecule has 9 heteroatoms. The summed E-state index contributed by atoms with van der Waals surface area (Å²) in [5, 5.41) is 7.61. The van der Waals surface area contributed by atoms with Crippen LogP contribution in [-0.2, 0) is 9.59 Å². The van der Waals surface area contributed by atoms with Crippen LogP contribution in [0.25, 0.3) is 0 Å². The lowest BCUT2D eigenvalue weighted by atomic mass is 10.2. The summed E-state index contributed by atoms with van der Waals surface area (Å²) in [6.07, 6.45) is 3.38. The van der Waals surface area contributed by atoms with Crippen LogP contribution in [0.3, 0.4) is 0 Å². The van der Waals surface area contributed by atoms with Gasteiger partial charge in [0.05, 0.1) is 12.4 Å². The summed E-state index contributed by atoms with van der Waals surface area (Å²) < 4.78 is 25.5. The van der Waals surface area contributed by atoms with Crippen LogP contribution in [0.2, 0.25) is 0 Å². The number of amides is 2. The van der Waals surface area contributed by atoms with Gasteiger partial charge in [0.15, 0.2) is 0 Å². The van der Waals surface area contributed by atoms with E-state index in [1.54, 1.807) is 24.3 Å². The summed E-state index contributed by atoms with van der Waals surface area (Å²) in [4.78, 5) is 23.3. The predicted molar refractivity (Wildman–Crippen MR) is 111 cm³/mol. The number of benzene rings is 2. The number of carbonyl (C=O) groups excluding carboxylic acids is 2. The molecule has 0 aliphatic rings. The van der Waals surface area contributed by atoms with Gasteiger partial charge >= 0.3 is 0 Å². The maximum Gasteiger partial charge on any atom is 0.240 e. The van der Waals surface area contributed by atoms with Crippen LogP contribution in [0.15, 0.2) is 58.7 Å². The number of nitrogens with one attached hydrogen (secondary N) is 2. The molecule has 0 aliphatic carbocycles. The van der Waals surface area contributed by atoms with Crippen molar-refractivity contribution < 1.29 is 18.4 Å². The summed E-state index contributed by atoms with van der Waals surface area (Å²) in [7, 11) is 0. The van der Waals surface area contributed by atoms with E-state index in [-0.39, 0.29) is 36.3 Å². The van der Waals surface area contributed by atoms with Gasteiger partial charge < -0.3 is 0 Å². The fourth-order valence-electron chi connectivity index (χ4n) is 2.00. The molecule has 0 aliphatic heterocycles. The average molecular weight is 418 g/mol. The highest BCUT2D eigenvalue weighted by Crippen LogP contribution is 2.05. The van der Waals surface area contributed by atoms with Crippen LogP contribution < -0.4 is 10.9 Å². The molecular weight excluding hydrogens is 398 g/mol. The molecule has 152 valence electrons. The molecule has 0 heterocycles. The third-order valence-corrected chi connectivity index (χ3v) is 4.48. The van der Waals surface area contributed by atoms with Crippen LogP contribution in [0.4, 0.5) is 8.78 Å². The molecular formula is C20H20F2N4O2S. The van der Waals surface area contributed by atoms with Gasteiger partial charge in [0, 0.05) is 24.3 Å². The van der Waals surface area contributed by atoms with E-state index in [2.05, 4.69) is 21.1 Å². The van der Waals surface area contributed by atoms with Crippen LogP contribution in [0.1, 0.15) is 24.0 Å². The second-order valence-corrected chi connectivity index (χ2v) is 7.03. The fraction of sp³-hybridized carbons (Fsp3) is 0.200. The van der Waals surface area contributed by atoms with Crippen molar-refractivity contribution >= 4 is 36.0 Å². The second kappa shape index (κ2) is 12.4. The van der Waals surface area contributed by atoms with Crippen molar-refractivity contribution in [3.05, 3.63) is 71.3 Å². The van der Waals surface area contributed by atoms with Crippen molar-refractivity contribution in [2.75, 3.05) is 11.5 Å². The molecule has 2 aromatic rings. The lowest BCUT2D eigenvalue weighted by Gasteiger charge is -2.01. The van der Waals surface area contributed by atoms with E-state index in [4.69, 9.17) is 0 Å². The minimum absolute atomic E-state index is 0.246. The van der Waals surface area contributed by atoms with Gasteiger partial charge in [-0.1, -0.05) is 24.3 Å². The van der Waals surface area contributed by atoms with Crippen molar-refractivity contribution in [1.82, 2.24) is 10.9 Å². The molecule has 0 saturated heterocycles. The molecule has 2 rings (SSSR count). The van der Waals surface area contributed by atoms with Gasteiger partial charge in [-0.3, -0.25) is 9.59 Å². The molecule has 6 nitrogen and oxygen atoms in total. The number of carbonyl (C=O) groups is 2. The Balaban J connectivity index is 1.53. The molecule has 2 amide bonds. The maximum atomic E-state index is 12.8. The van der Waals surface area contributed by atoms with Gasteiger partial charge in [0.2, 0.25) is 11.8 Å². The van der Waals surface area contributed by atoms with Gasteiger partial charge in [-0.2, -0.15) is 22.0 Å².